The molecule has 0 aliphatic carbocycles. The van der Waals surface area contributed by atoms with Crippen molar-refractivity contribution in [2.75, 3.05) is 13.2 Å². The summed E-state index contributed by atoms with van der Waals surface area (Å²) in [4.78, 5) is 23.4. The molecule has 2 N–H and O–H groups in total. The third kappa shape index (κ3) is 3.70. The first-order valence-corrected chi connectivity index (χ1v) is 6.26. The summed E-state index contributed by atoms with van der Waals surface area (Å²) in [6, 6.07) is 0. The minimum absolute atomic E-state index is 0.0384. The van der Waals surface area contributed by atoms with Gasteiger partial charge in [0.2, 0.25) is 6.10 Å². The van der Waals surface area contributed by atoms with E-state index in [1.165, 1.54) is 0 Å². The van der Waals surface area contributed by atoms with Gasteiger partial charge >= 0.3 is 11.9 Å². The van der Waals surface area contributed by atoms with E-state index in [1.807, 2.05) is 20.8 Å². The zero-order valence-electron chi connectivity index (χ0n) is 11.6. The maximum Gasteiger partial charge on any atom is 0.347 e. The van der Waals surface area contributed by atoms with Crippen molar-refractivity contribution in [1.82, 2.24) is 0 Å². The van der Waals surface area contributed by atoms with E-state index in [0.29, 0.717) is 19.4 Å². The molecule has 1 heterocycles. The molecule has 0 spiro atoms. The van der Waals surface area contributed by atoms with Crippen molar-refractivity contribution in [2.45, 2.75) is 46.6 Å². The SMILES string of the molecule is CC(C)(C)CC(C)(CN)C(=O)OC1CCOC1=O. The Morgan fingerprint density at radius 3 is 2.44 bits per heavy atom. The molecule has 1 fully saturated rings. The summed E-state index contributed by atoms with van der Waals surface area (Å²) in [6.45, 7) is 8.41. The van der Waals surface area contributed by atoms with E-state index in [1.54, 1.807) is 6.92 Å². The maximum atomic E-state index is 12.2. The summed E-state index contributed by atoms with van der Waals surface area (Å²) in [6.07, 6.45) is 0.279. The molecule has 1 aliphatic heterocycles. The first-order valence-electron chi connectivity index (χ1n) is 6.26. The maximum absolute atomic E-state index is 12.2. The molecule has 0 aromatic rings. The fraction of sp³-hybridized carbons (Fsp3) is 0.846. The molecule has 0 aromatic heterocycles. The van der Waals surface area contributed by atoms with E-state index in [0.717, 1.165) is 0 Å². The Morgan fingerprint density at radius 2 is 2.06 bits per heavy atom. The molecule has 0 amide bonds. The number of carbonyl (C=O) groups is 2. The molecule has 1 saturated heterocycles. The molecule has 18 heavy (non-hydrogen) atoms. The Morgan fingerprint density at radius 1 is 1.44 bits per heavy atom. The lowest BCUT2D eigenvalue weighted by molar-refractivity contribution is -0.168. The second-order valence-electron chi connectivity index (χ2n) is 6.35. The summed E-state index contributed by atoms with van der Waals surface area (Å²) in [5.74, 6) is -0.873. The smallest absolute Gasteiger partial charge is 0.347 e. The highest BCUT2D eigenvalue weighted by Gasteiger charge is 2.41. The number of hydrogen-bond donors (Lipinski definition) is 1. The van der Waals surface area contributed by atoms with E-state index < -0.39 is 23.5 Å². The van der Waals surface area contributed by atoms with Crippen LogP contribution in [0.1, 0.15) is 40.5 Å². The third-order valence-electron chi connectivity index (χ3n) is 3.00. The number of rotatable bonds is 4. The minimum atomic E-state index is -0.763. The molecule has 2 atom stereocenters. The quantitative estimate of drug-likeness (QED) is 0.767. The van der Waals surface area contributed by atoms with Crippen LogP contribution in [0.15, 0.2) is 0 Å². The van der Waals surface area contributed by atoms with Crippen LogP contribution >= 0.6 is 0 Å². The van der Waals surface area contributed by atoms with Crippen molar-refractivity contribution in [3.05, 3.63) is 0 Å². The number of esters is 2. The summed E-state index contributed by atoms with van der Waals surface area (Å²) < 4.78 is 10.00. The molecule has 0 radical (unpaired) electrons. The van der Waals surface area contributed by atoms with Crippen molar-refractivity contribution >= 4 is 11.9 Å². The Kier molecular flexibility index (Phi) is 4.37. The van der Waals surface area contributed by atoms with Gasteiger partial charge in [0, 0.05) is 13.0 Å². The van der Waals surface area contributed by atoms with Crippen molar-refractivity contribution in [2.24, 2.45) is 16.6 Å². The molecule has 5 nitrogen and oxygen atoms in total. The second-order valence-corrected chi connectivity index (χ2v) is 6.35. The molecular formula is C13H23NO4. The van der Waals surface area contributed by atoms with Gasteiger partial charge in [-0.1, -0.05) is 20.8 Å². The lowest BCUT2D eigenvalue weighted by atomic mass is 9.75. The average Bonchev–Trinajstić information content (AvgIpc) is 2.62. The molecule has 2 unspecified atom stereocenters. The van der Waals surface area contributed by atoms with Crippen LogP contribution in [0.25, 0.3) is 0 Å². The number of nitrogens with two attached hydrogens (primary N) is 1. The fourth-order valence-electron chi connectivity index (χ4n) is 2.25. The number of cyclic esters (lactones) is 1. The lowest BCUT2D eigenvalue weighted by Gasteiger charge is -2.33. The van der Waals surface area contributed by atoms with Crippen LogP contribution < -0.4 is 5.73 Å². The molecule has 0 saturated carbocycles. The summed E-state index contributed by atoms with van der Waals surface area (Å²) in [7, 11) is 0. The van der Waals surface area contributed by atoms with Gasteiger partial charge in [-0.3, -0.25) is 4.79 Å². The second kappa shape index (κ2) is 5.26. The van der Waals surface area contributed by atoms with E-state index in [4.69, 9.17) is 15.2 Å². The van der Waals surface area contributed by atoms with Crippen LogP contribution in [0.3, 0.4) is 0 Å². The highest BCUT2D eigenvalue weighted by atomic mass is 16.6. The average molecular weight is 257 g/mol. The van der Waals surface area contributed by atoms with Crippen LogP contribution in [-0.2, 0) is 19.1 Å². The molecule has 0 bridgehead atoms. The van der Waals surface area contributed by atoms with Crippen molar-refractivity contribution in [1.29, 1.82) is 0 Å². The van der Waals surface area contributed by atoms with Crippen LogP contribution in [-0.4, -0.2) is 31.2 Å². The Bertz CT molecular complexity index is 334. The molecule has 104 valence electrons. The van der Waals surface area contributed by atoms with Crippen molar-refractivity contribution < 1.29 is 19.1 Å². The van der Waals surface area contributed by atoms with Crippen molar-refractivity contribution in [3.63, 3.8) is 0 Å². The fourth-order valence-corrected chi connectivity index (χ4v) is 2.25. The monoisotopic (exact) mass is 257 g/mol. The number of hydrogen-bond acceptors (Lipinski definition) is 5. The standard InChI is InChI=1S/C13H23NO4/c1-12(2,3)7-13(4,8-14)11(16)18-9-5-6-17-10(9)15/h9H,5-8,14H2,1-4H3. The normalized spacial score (nSPS) is 23.4. The van der Waals surface area contributed by atoms with Gasteiger partial charge in [-0.05, 0) is 18.8 Å². The van der Waals surface area contributed by atoms with E-state index in [9.17, 15) is 9.59 Å². The van der Waals surface area contributed by atoms with Gasteiger partial charge in [-0.2, -0.15) is 0 Å². The zero-order chi connectivity index (χ0) is 14.0. The summed E-state index contributed by atoms with van der Waals surface area (Å²) >= 11 is 0. The van der Waals surface area contributed by atoms with Gasteiger partial charge in [0.05, 0.1) is 12.0 Å². The minimum Gasteiger partial charge on any atom is -0.463 e. The molecule has 1 aliphatic rings. The van der Waals surface area contributed by atoms with Crippen LogP contribution in [0, 0.1) is 10.8 Å². The summed E-state index contributed by atoms with van der Waals surface area (Å²) in [5.41, 5.74) is 4.91. The molecule has 0 aromatic carbocycles. The van der Waals surface area contributed by atoms with Crippen molar-refractivity contribution in [3.8, 4) is 0 Å². The van der Waals surface area contributed by atoms with E-state index >= 15 is 0 Å². The van der Waals surface area contributed by atoms with Crippen LogP contribution in [0.5, 0.6) is 0 Å². The molecular weight excluding hydrogens is 234 g/mol. The Hall–Kier alpha value is -1.10. The van der Waals surface area contributed by atoms with Gasteiger partial charge in [0.25, 0.3) is 0 Å². The zero-order valence-corrected chi connectivity index (χ0v) is 11.6. The van der Waals surface area contributed by atoms with Crippen LogP contribution in [0.4, 0.5) is 0 Å². The molecule has 5 heteroatoms. The summed E-state index contributed by atoms with van der Waals surface area (Å²) in [5, 5.41) is 0. The first-order chi connectivity index (χ1) is 8.18. The van der Waals surface area contributed by atoms with Gasteiger partial charge in [0.1, 0.15) is 0 Å². The van der Waals surface area contributed by atoms with Gasteiger partial charge < -0.3 is 15.2 Å². The van der Waals surface area contributed by atoms with E-state index in [-0.39, 0.29) is 12.0 Å². The third-order valence-corrected chi connectivity index (χ3v) is 3.00. The Balaban J connectivity index is 2.69. The van der Waals surface area contributed by atoms with Gasteiger partial charge in [-0.15, -0.1) is 0 Å². The van der Waals surface area contributed by atoms with Crippen LogP contribution in [0.2, 0.25) is 0 Å². The number of carbonyl (C=O) groups excluding carboxylic acids is 2. The van der Waals surface area contributed by atoms with Gasteiger partial charge in [0.15, 0.2) is 0 Å². The predicted molar refractivity (Wildman–Crippen MR) is 66.7 cm³/mol. The molecule has 1 rings (SSSR count). The first kappa shape index (κ1) is 15.0. The highest BCUT2D eigenvalue weighted by Crippen LogP contribution is 2.34. The predicted octanol–water partition coefficient (Wildman–Crippen LogP) is 1.25. The number of ether oxygens (including phenoxy) is 2. The van der Waals surface area contributed by atoms with Gasteiger partial charge in [-0.25, -0.2) is 4.79 Å². The Labute approximate surface area is 108 Å². The largest absolute Gasteiger partial charge is 0.463 e. The highest BCUT2D eigenvalue weighted by molar-refractivity contribution is 5.83. The van der Waals surface area contributed by atoms with E-state index in [2.05, 4.69) is 0 Å². The topological polar surface area (TPSA) is 78.6 Å². The lowest BCUT2D eigenvalue weighted by Crippen LogP contribution is -2.42.